The van der Waals surface area contributed by atoms with E-state index in [0.29, 0.717) is 0 Å². The van der Waals surface area contributed by atoms with E-state index in [1.165, 1.54) is 42.7 Å². The molecule has 0 saturated heterocycles. The summed E-state index contributed by atoms with van der Waals surface area (Å²) in [6.45, 7) is -1.54. The Labute approximate surface area is 213 Å². The van der Waals surface area contributed by atoms with Crippen molar-refractivity contribution in [3.63, 3.8) is 0 Å². The van der Waals surface area contributed by atoms with Crippen molar-refractivity contribution in [2.24, 2.45) is 0 Å². The van der Waals surface area contributed by atoms with E-state index in [0.717, 1.165) is 0 Å². The summed E-state index contributed by atoms with van der Waals surface area (Å²) in [6.07, 6.45) is 0.786. The van der Waals surface area contributed by atoms with Crippen molar-refractivity contribution in [3.05, 3.63) is 0 Å². The Hall–Kier alpha value is 0.348. The zero-order chi connectivity index (χ0) is 26.8. The third-order valence-electron chi connectivity index (χ3n) is 5.31. The standard InChI is InChI=1S/C18H42O13Si4/c1-23-32(24-2,15-7-11-19)29-34(27-5,17-9-13-21)31-35(28-6,18-10-14-22)30-33(25-3,26-4)16-8-12-20/h7-18H2,1-6H3/q-4. The lowest BCUT2D eigenvalue weighted by atomic mass is 10.5. The number of rotatable bonds is 24. The first-order valence-corrected chi connectivity index (χ1v) is 19.2. The Balaban J connectivity index is 6.48. The summed E-state index contributed by atoms with van der Waals surface area (Å²) in [6, 6.07) is 0.618. The van der Waals surface area contributed by atoms with E-state index < -0.39 is 48.4 Å². The maximum Gasteiger partial charge on any atom is 0.493 e. The largest absolute Gasteiger partial charge is 0.854 e. The molecular formula is C18H42O13Si4-4. The number of hydrogen-bond acceptors (Lipinski definition) is 13. The molecule has 0 aromatic carbocycles. The molecule has 0 heterocycles. The van der Waals surface area contributed by atoms with Gasteiger partial charge in [0.05, 0.1) is 0 Å². The van der Waals surface area contributed by atoms with Crippen LogP contribution in [0.3, 0.4) is 0 Å². The molecule has 0 rings (SSSR count). The van der Waals surface area contributed by atoms with Gasteiger partial charge >= 0.3 is 35.2 Å². The molecule has 0 spiro atoms. The summed E-state index contributed by atoms with van der Waals surface area (Å²) in [5.41, 5.74) is 0. The first-order chi connectivity index (χ1) is 16.7. The summed E-state index contributed by atoms with van der Waals surface area (Å²) in [5.74, 6) is 0. The summed E-state index contributed by atoms with van der Waals surface area (Å²) in [5, 5.41) is 45.2. The van der Waals surface area contributed by atoms with Gasteiger partial charge in [0, 0.05) is 66.8 Å². The van der Waals surface area contributed by atoms with Gasteiger partial charge in [-0.05, 0) is 0 Å². The fraction of sp³-hybridized carbons (Fsp3) is 1.00. The van der Waals surface area contributed by atoms with Crippen LogP contribution in [0.5, 0.6) is 0 Å². The minimum absolute atomic E-state index is 0.0970. The topological polar surface area (TPSA) is 175 Å². The zero-order valence-electron chi connectivity index (χ0n) is 21.8. The van der Waals surface area contributed by atoms with Gasteiger partial charge in [0.15, 0.2) is 0 Å². The van der Waals surface area contributed by atoms with E-state index in [1.807, 2.05) is 0 Å². The second-order valence-electron chi connectivity index (χ2n) is 7.49. The van der Waals surface area contributed by atoms with Crippen molar-refractivity contribution in [3.8, 4) is 0 Å². The molecule has 0 aliphatic rings. The minimum atomic E-state index is -3.81. The third kappa shape index (κ3) is 11.3. The van der Waals surface area contributed by atoms with E-state index in [4.69, 9.17) is 38.9 Å². The third-order valence-corrected chi connectivity index (χ3v) is 20.4. The summed E-state index contributed by atoms with van der Waals surface area (Å²) in [7, 11) is -6.10. The van der Waals surface area contributed by atoms with Crippen LogP contribution in [0.25, 0.3) is 0 Å². The SMILES string of the molecule is CO[Si](CCC[O-])(OC)O[Si](CCC[O-])(OC)O[Si](CCC[O-])(OC)O[Si](CCC[O-])(OC)OC. The number of hydrogen-bond donors (Lipinski definition) is 0. The van der Waals surface area contributed by atoms with Crippen molar-refractivity contribution in [2.75, 3.05) is 69.1 Å². The van der Waals surface area contributed by atoms with Gasteiger partial charge in [-0.1, -0.05) is 25.7 Å². The molecule has 0 radical (unpaired) electrons. The summed E-state index contributed by atoms with van der Waals surface area (Å²) in [4.78, 5) is 0. The van der Waals surface area contributed by atoms with Crippen LogP contribution in [-0.2, 0) is 38.9 Å². The van der Waals surface area contributed by atoms with Crippen LogP contribution < -0.4 is 20.4 Å². The quantitative estimate of drug-likeness (QED) is 0.112. The molecule has 0 saturated carbocycles. The van der Waals surface area contributed by atoms with Gasteiger partial charge in [0.1, 0.15) is 0 Å². The highest BCUT2D eigenvalue weighted by Gasteiger charge is 2.60. The van der Waals surface area contributed by atoms with Gasteiger partial charge in [0.2, 0.25) is 0 Å². The van der Waals surface area contributed by atoms with E-state index in [2.05, 4.69) is 0 Å². The molecule has 0 amide bonds. The second-order valence-corrected chi connectivity index (χ2v) is 19.9. The van der Waals surface area contributed by atoms with E-state index in [9.17, 15) is 20.4 Å². The molecule has 2 atom stereocenters. The monoisotopic (exact) mass is 578 g/mol. The van der Waals surface area contributed by atoms with Gasteiger partial charge in [-0.3, -0.25) is 0 Å². The Morgan fingerprint density at radius 2 is 0.571 bits per heavy atom. The molecular weight excluding hydrogens is 537 g/mol. The summed E-state index contributed by atoms with van der Waals surface area (Å²) >= 11 is 0. The van der Waals surface area contributed by atoms with Crippen LogP contribution >= 0.6 is 0 Å². The average Bonchev–Trinajstić information content (AvgIpc) is 2.90. The van der Waals surface area contributed by atoms with E-state index in [1.54, 1.807) is 0 Å². The van der Waals surface area contributed by atoms with Crippen molar-refractivity contribution in [1.82, 2.24) is 0 Å². The first kappa shape index (κ1) is 35.3. The second kappa shape index (κ2) is 18.6. The Kier molecular flexibility index (Phi) is 18.8. The van der Waals surface area contributed by atoms with Crippen molar-refractivity contribution in [2.45, 2.75) is 49.9 Å². The van der Waals surface area contributed by atoms with Crippen LogP contribution in [0.1, 0.15) is 25.7 Å². The molecule has 212 valence electrons. The maximum atomic E-state index is 11.4. The van der Waals surface area contributed by atoms with Crippen molar-refractivity contribution in [1.29, 1.82) is 0 Å². The minimum Gasteiger partial charge on any atom is -0.854 e. The maximum absolute atomic E-state index is 11.4. The van der Waals surface area contributed by atoms with Crippen molar-refractivity contribution >= 4 is 35.2 Å². The molecule has 0 aliphatic heterocycles. The molecule has 0 aliphatic carbocycles. The lowest BCUT2D eigenvalue weighted by Crippen LogP contribution is -2.66. The molecule has 2 unspecified atom stereocenters. The lowest BCUT2D eigenvalue weighted by Gasteiger charge is -2.43. The first-order valence-electron chi connectivity index (χ1n) is 11.5. The molecule has 0 aromatic heterocycles. The Morgan fingerprint density at radius 1 is 0.371 bits per heavy atom. The van der Waals surface area contributed by atoms with Gasteiger partial charge < -0.3 is 59.3 Å². The molecule has 0 fully saturated rings. The normalized spacial score (nSPS) is 16.3. The van der Waals surface area contributed by atoms with Crippen LogP contribution in [0.15, 0.2) is 0 Å². The van der Waals surface area contributed by atoms with Crippen molar-refractivity contribution < 1.29 is 59.3 Å². The van der Waals surface area contributed by atoms with Gasteiger partial charge in [-0.2, -0.15) is 0 Å². The van der Waals surface area contributed by atoms with Crippen LogP contribution in [0.4, 0.5) is 0 Å². The molecule has 0 N–H and O–H groups in total. The molecule has 35 heavy (non-hydrogen) atoms. The lowest BCUT2D eigenvalue weighted by molar-refractivity contribution is -0.368. The van der Waals surface area contributed by atoms with Crippen LogP contribution in [-0.4, -0.2) is 104 Å². The van der Waals surface area contributed by atoms with Gasteiger partial charge in [0.25, 0.3) is 0 Å². The van der Waals surface area contributed by atoms with Gasteiger partial charge in [-0.15, -0.1) is 26.4 Å². The highest BCUT2D eigenvalue weighted by atomic mass is 28.5. The average molecular weight is 579 g/mol. The molecule has 0 aromatic rings. The van der Waals surface area contributed by atoms with Gasteiger partial charge in [-0.25, -0.2) is 0 Å². The highest BCUT2D eigenvalue weighted by molar-refractivity contribution is 6.83. The van der Waals surface area contributed by atoms with Crippen LogP contribution in [0.2, 0.25) is 24.2 Å². The molecule has 17 heteroatoms. The summed E-state index contributed by atoms with van der Waals surface area (Å²) < 4.78 is 53.3. The predicted molar refractivity (Wildman–Crippen MR) is 125 cm³/mol. The highest BCUT2D eigenvalue weighted by Crippen LogP contribution is 2.34. The Bertz CT molecular complexity index is 487. The molecule has 13 nitrogen and oxygen atoms in total. The van der Waals surface area contributed by atoms with E-state index in [-0.39, 0.29) is 63.1 Å². The van der Waals surface area contributed by atoms with Crippen LogP contribution in [0, 0.1) is 0 Å². The fourth-order valence-corrected chi connectivity index (χ4v) is 19.1. The molecule has 0 bridgehead atoms. The van der Waals surface area contributed by atoms with E-state index >= 15 is 0 Å². The fourth-order valence-electron chi connectivity index (χ4n) is 3.33. The Morgan fingerprint density at radius 3 is 0.771 bits per heavy atom. The zero-order valence-corrected chi connectivity index (χ0v) is 25.8. The predicted octanol–water partition coefficient (Wildman–Crippen LogP) is -2.33. The smallest absolute Gasteiger partial charge is 0.493 e.